The number of ether oxygens (including phenoxy) is 1. The summed E-state index contributed by atoms with van der Waals surface area (Å²) in [4.78, 5) is 10.9. The van der Waals surface area contributed by atoms with Crippen molar-refractivity contribution >= 4 is 5.97 Å². The zero-order chi connectivity index (χ0) is 22.7. The van der Waals surface area contributed by atoms with Crippen molar-refractivity contribution in [2.24, 2.45) is 0 Å². The van der Waals surface area contributed by atoms with Crippen LogP contribution in [0.1, 0.15) is 104 Å². The fourth-order valence-corrected chi connectivity index (χ4v) is 4.12. The SMILES string of the molecule is CCCCCCCCCCCC[N+](C)(C)CCCCCC[N+](C)(C)CCOC(C)=O. The van der Waals surface area contributed by atoms with E-state index in [-0.39, 0.29) is 5.97 Å². The van der Waals surface area contributed by atoms with E-state index in [9.17, 15) is 4.79 Å². The first-order chi connectivity index (χ1) is 14.2. The van der Waals surface area contributed by atoms with Crippen molar-refractivity contribution in [3.63, 3.8) is 0 Å². The van der Waals surface area contributed by atoms with E-state index in [1.807, 2.05) is 0 Å². The molecule has 0 aliphatic heterocycles. The Kier molecular flexibility index (Phi) is 17.6. The topological polar surface area (TPSA) is 26.3 Å². The number of quaternary nitrogens is 2. The molecule has 180 valence electrons. The minimum absolute atomic E-state index is 0.173. The van der Waals surface area contributed by atoms with Gasteiger partial charge in [0.2, 0.25) is 0 Å². The quantitative estimate of drug-likeness (QED) is 0.124. The molecule has 0 aromatic heterocycles. The van der Waals surface area contributed by atoms with E-state index in [0.29, 0.717) is 6.61 Å². The van der Waals surface area contributed by atoms with E-state index in [2.05, 4.69) is 35.1 Å². The van der Waals surface area contributed by atoms with E-state index < -0.39 is 0 Å². The summed E-state index contributed by atoms with van der Waals surface area (Å²) >= 11 is 0. The summed E-state index contributed by atoms with van der Waals surface area (Å²) in [5.74, 6) is -0.173. The Bertz CT molecular complexity index is 408. The summed E-state index contributed by atoms with van der Waals surface area (Å²) < 4.78 is 7.20. The Morgan fingerprint density at radius 3 is 1.27 bits per heavy atom. The van der Waals surface area contributed by atoms with Crippen LogP contribution in [-0.4, -0.2) is 75.9 Å². The lowest BCUT2D eigenvalue weighted by Crippen LogP contribution is -2.43. The van der Waals surface area contributed by atoms with Crippen LogP contribution in [0, 0.1) is 0 Å². The highest BCUT2D eigenvalue weighted by Crippen LogP contribution is 2.13. The molecule has 0 heterocycles. The zero-order valence-electron chi connectivity index (χ0n) is 21.6. The highest BCUT2D eigenvalue weighted by molar-refractivity contribution is 5.65. The van der Waals surface area contributed by atoms with Crippen LogP contribution < -0.4 is 0 Å². The van der Waals surface area contributed by atoms with Gasteiger partial charge in [0.05, 0.1) is 47.8 Å². The van der Waals surface area contributed by atoms with Gasteiger partial charge < -0.3 is 13.7 Å². The van der Waals surface area contributed by atoms with Crippen molar-refractivity contribution < 1.29 is 18.5 Å². The number of carbonyl (C=O) groups excluding carboxylic acids is 1. The molecular formula is C26H56N2O2+2. The first-order valence-corrected chi connectivity index (χ1v) is 13.0. The molecule has 0 atom stereocenters. The predicted molar refractivity (Wildman–Crippen MR) is 131 cm³/mol. The number of carbonyl (C=O) groups is 1. The molecule has 0 rings (SSSR count). The number of hydrogen-bond donors (Lipinski definition) is 0. The van der Waals surface area contributed by atoms with Crippen LogP contribution in [0.25, 0.3) is 0 Å². The van der Waals surface area contributed by atoms with Crippen LogP contribution in [0.5, 0.6) is 0 Å². The number of esters is 1. The molecule has 0 unspecified atom stereocenters. The lowest BCUT2D eigenvalue weighted by atomic mass is 10.1. The van der Waals surface area contributed by atoms with Gasteiger partial charge >= 0.3 is 5.97 Å². The second-order valence-corrected chi connectivity index (χ2v) is 10.7. The molecular weight excluding hydrogens is 372 g/mol. The van der Waals surface area contributed by atoms with E-state index in [1.165, 1.54) is 114 Å². The fourth-order valence-electron chi connectivity index (χ4n) is 4.12. The van der Waals surface area contributed by atoms with Gasteiger partial charge in [0, 0.05) is 6.92 Å². The van der Waals surface area contributed by atoms with Gasteiger partial charge in [-0.15, -0.1) is 0 Å². The number of likely N-dealkylation sites (N-methyl/N-ethyl adjacent to an activating group) is 1. The van der Waals surface area contributed by atoms with Gasteiger partial charge in [0.15, 0.2) is 0 Å². The Balaban J connectivity index is 3.56. The molecule has 0 aromatic carbocycles. The molecule has 0 saturated carbocycles. The van der Waals surface area contributed by atoms with Crippen LogP contribution in [0.15, 0.2) is 0 Å². The fraction of sp³-hybridized carbons (Fsp3) is 0.962. The standard InChI is InChI=1S/C26H56N2O2/c1-7-8-9-10-11-12-13-14-15-18-21-27(3,4)22-19-16-17-20-23-28(5,6)24-25-30-26(2)29/h7-25H2,1-6H3/q+2. The van der Waals surface area contributed by atoms with Crippen molar-refractivity contribution in [2.45, 2.75) is 104 Å². The maximum absolute atomic E-state index is 10.9. The molecule has 0 saturated heterocycles. The summed E-state index contributed by atoms with van der Waals surface area (Å²) in [6, 6.07) is 0. The summed E-state index contributed by atoms with van der Waals surface area (Å²) in [6.45, 7) is 9.01. The minimum atomic E-state index is -0.173. The summed E-state index contributed by atoms with van der Waals surface area (Å²) in [6.07, 6.45) is 19.5. The largest absolute Gasteiger partial charge is 0.460 e. The molecule has 0 N–H and O–H groups in total. The maximum Gasteiger partial charge on any atom is 0.302 e. The monoisotopic (exact) mass is 428 g/mol. The first kappa shape index (κ1) is 29.4. The molecule has 0 spiro atoms. The van der Waals surface area contributed by atoms with E-state index in [1.54, 1.807) is 0 Å². The third-order valence-electron chi connectivity index (χ3n) is 6.40. The maximum atomic E-state index is 10.9. The Morgan fingerprint density at radius 1 is 0.567 bits per heavy atom. The van der Waals surface area contributed by atoms with Gasteiger partial charge in [-0.2, -0.15) is 0 Å². The number of rotatable bonds is 21. The molecule has 0 aliphatic rings. The lowest BCUT2D eigenvalue weighted by molar-refractivity contribution is -0.891. The van der Waals surface area contributed by atoms with Gasteiger partial charge in [-0.1, -0.05) is 58.3 Å². The molecule has 4 heteroatoms. The first-order valence-electron chi connectivity index (χ1n) is 13.0. The number of unbranched alkanes of at least 4 members (excludes halogenated alkanes) is 12. The molecule has 0 amide bonds. The van der Waals surface area contributed by atoms with Crippen LogP contribution in [-0.2, 0) is 9.53 Å². The van der Waals surface area contributed by atoms with E-state index in [0.717, 1.165) is 17.6 Å². The Morgan fingerprint density at radius 2 is 0.900 bits per heavy atom. The lowest BCUT2D eigenvalue weighted by Gasteiger charge is -2.30. The average Bonchev–Trinajstić information content (AvgIpc) is 2.65. The minimum Gasteiger partial charge on any atom is -0.460 e. The van der Waals surface area contributed by atoms with E-state index in [4.69, 9.17) is 4.74 Å². The van der Waals surface area contributed by atoms with Crippen molar-refractivity contribution in [1.82, 2.24) is 0 Å². The third-order valence-corrected chi connectivity index (χ3v) is 6.40. The smallest absolute Gasteiger partial charge is 0.302 e. The molecule has 0 aliphatic carbocycles. The summed E-state index contributed by atoms with van der Waals surface area (Å²) in [5, 5.41) is 0. The molecule has 0 radical (unpaired) electrons. The van der Waals surface area contributed by atoms with Crippen LogP contribution in [0.3, 0.4) is 0 Å². The number of hydrogen-bond acceptors (Lipinski definition) is 2. The normalized spacial score (nSPS) is 12.3. The van der Waals surface area contributed by atoms with Gasteiger partial charge in [-0.3, -0.25) is 4.79 Å². The number of nitrogens with zero attached hydrogens (tertiary/aromatic N) is 2. The van der Waals surface area contributed by atoms with E-state index >= 15 is 0 Å². The summed E-state index contributed by atoms with van der Waals surface area (Å²) in [7, 11) is 9.28. The second kappa shape index (κ2) is 18.0. The molecule has 4 nitrogen and oxygen atoms in total. The van der Waals surface area contributed by atoms with Crippen molar-refractivity contribution in [3.05, 3.63) is 0 Å². The van der Waals surface area contributed by atoms with Crippen LogP contribution in [0.4, 0.5) is 0 Å². The Hall–Kier alpha value is -0.610. The highest BCUT2D eigenvalue weighted by Gasteiger charge is 2.16. The van der Waals surface area contributed by atoms with Crippen molar-refractivity contribution in [2.75, 3.05) is 61.0 Å². The van der Waals surface area contributed by atoms with Crippen LogP contribution in [0.2, 0.25) is 0 Å². The average molecular weight is 429 g/mol. The second-order valence-electron chi connectivity index (χ2n) is 10.7. The molecule has 0 aromatic rings. The molecule has 0 fully saturated rings. The predicted octanol–water partition coefficient (Wildman–Crippen LogP) is 6.18. The van der Waals surface area contributed by atoms with Gasteiger partial charge in [-0.05, 0) is 38.5 Å². The highest BCUT2D eigenvalue weighted by atomic mass is 16.5. The van der Waals surface area contributed by atoms with Crippen molar-refractivity contribution in [3.8, 4) is 0 Å². The molecule has 0 bridgehead atoms. The Labute approximate surface area is 189 Å². The van der Waals surface area contributed by atoms with Crippen molar-refractivity contribution in [1.29, 1.82) is 0 Å². The van der Waals surface area contributed by atoms with Gasteiger partial charge in [-0.25, -0.2) is 0 Å². The zero-order valence-corrected chi connectivity index (χ0v) is 21.6. The third kappa shape index (κ3) is 20.7. The van der Waals surface area contributed by atoms with Gasteiger partial charge in [0.25, 0.3) is 0 Å². The van der Waals surface area contributed by atoms with Crippen LogP contribution >= 0.6 is 0 Å². The summed E-state index contributed by atoms with van der Waals surface area (Å²) in [5.41, 5.74) is 0. The van der Waals surface area contributed by atoms with Gasteiger partial charge in [0.1, 0.15) is 13.2 Å². The molecule has 30 heavy (non-hydrogen) atoms.